The number of hydrogen-bond acceptors (Lipinski definition) is 2. The Morgan fingerprint density at radius 3 is 2.80 bits per heavy atom. The van der Waals surface area contributed by atoms with E-state index in [4.69, 9.17) is 23.2 Å². The predicted molar refractivity (Wildman–Crippen MR) is 65.4 cm³/mol. The molecule has 0 saturated heterocycles. The van der Waals surface area contributed by atoms with Crippen LogP contribution in [0.15, 0.2) is 18.5 Å². The molecule has 0 amide bonds. The van der Waals surface area contributed by atoms with Gasteiger partial charge >= 0.3 is 0 Å². The van der Waals surface area contributed by atoms with Crippen molar-refractivity contribution in [2.75, 3.05) is 5.88 Å². The third-order valence-corrected chi connectivity index (χ3v) is 3.39. The number of hydrogen-bond donors (Lipinski definition) is 1. The third kappa shape index (κ3) is 3.98. The zero-order chi connectivity index (χ0) is 11.3. The molecule has 0 radical (unpaired) electrons. The van der Waals surface area contributed by atoms with Crippen molar-refractivity contribution in [3.8, 4) is 0 Å². The van der Waals surface area contributed by atoms with Gasteiger partial charge in [-0.3, -0.25) is 4.98 Å². The van der Waals surface area contributed by atoms with E-state index in [1.807, 2.05) is 6.07 Å². The van der Waals surface area contributed by atoms with Gasteiger partial charge in [-0.15, -0.1) is 11.6 Å². The molecule has 0 spiro atoms. The van der Waals surface area contributed by atoms with Crippen LogP contribution in [0.5, 0.6) is 0 Å². The molecule has 0 saturated carbocycles. The molecule has 2 nitrogen and oxygen atoms in total. The van der Waals surface area contributed by atoms with Gasteiger partial charge in [0.1, 0.15) is 0 Å². The van der Waals surface area contributed by atoms with Crippen LogP contribution in [0, 0.1) is 5.92 Å². The van der Waals surface area contributed by atoms with Gasteiger partial charge in [-0.2, -0.15) is 0 Å². The fourth-order valence-corrected chi connectivity index (χ4v) is 1.61. The molecule has 0 aromatic carbocycles. The fraction of sp³-hybridized carbons (Fsp3) is 0.545. The second-order valence-corrected chi connectivity index (χ2v) is 4.48. The first-order chi connectivity index (χ1) is 7.15. The quantitative estimate of drug-likeness (QED) is 0.809. The van der Waals surface area contributed by atoms with E-state index in [9.17, 15) is 0 Å². The van der Waals surface area contributed by atoms with Crippen LogP contribution in [0.1, 0.15) is 19.4 Å². The Labute approximate surface area is 101 Å². The summed E-state index contributed by atoms with van der Waals surface area (Å²) in [4.78, 5) is 3.94. The molecule has 1 aromatic heterocycles. The van der Waals surface area contributed by atoms with Gasteiger partial charge in [0.05, 0.1) is 5.02 Å². The van der Waals surface area contributed by atoms with Gasteiger partial charge in [-0.25, -0.2) is 0 Å². The molecule has 1 N–H and O–H groups in total. The van der Waals surface area contributed by atoms with Crippen molar-refractivity contribution in [2.24, 2.45) is 5.92 Å². The highest BCUT2D eigenvalue weighted by molar-refractivity contribution is 6.31. The number of aromatic nitrogens is 1. The first-order valence-electron chi connectivity index (χ1n) is 5.03. The number of halogens is 2. The lowest BCUT2D eigenvalue weighted by molar-refractivity contribution is 0.430. The van der Waals surface area contributed by atoms with E-state index in [1.165, 1.54) is 0 Å². The number of nitrogens with one attached hydrogen (secondary N) is 1. The second kappa shape index (κ2) is 6.31. The molecule has 2 atom stereocenters. The molecule has 2 unspecified atom stereocenters. The summed E-state index contributed by atoms with van der Waals surface area (Å²) in [6.45, 7) is 5.00. The molecule has 1 rings (SSSR count). The van der Waals surface area contributed by atoms with Crippen LogP contribution < -0.4 is 5.32 Å². The van der Waals surface area contributed by atoms with E-state index in [2.05, 4.69) is 24.1 Å². The summed E-state index contributed by atoms with van der Waals surface area (Å²) >= 11 is 11.8. The summed E-state index contributed by atoms with van der Waals surface area (Å²) in [6, 6.07) is 2.31. The Balaban J connectivity index is 2.47. The van der Waals surface area contributed by atoms with Gasteiger partial charge < -0.3 is 5.32 Å². The molecule has 0 aliphatic carbocycles. The number of alkyl halides is 1. The number of rotatable bonds is 5. The Hall–Kier alpha value is -0.310. The summed E-state index contributed by atoms with van der Waals surface area (Å²) in [5.74, 6) is 1.12. The van der Waals surface area contributed by atoms with Gasteiger partial charge in [0, 0.05) is 30.9 Å². The summed E-state index contributed by atoms with van der Waals surface area (Å²) in [5.41, 5.74) is 1.07. The molecule has 15 heavy (non-hydrogen) atoms. The SMILES string of the molecule is CC(CCl)C(C)NCc1ccncc1Cl. The van der Waals surface area contributed by atoms with Crippen molar-refractivity contribution >= 4 is 23.2 Å². The van der Waals surface area contributed by atoms with Crippen LogP contribution in [0.4, 0.5) is 0 Å². The molecular formula is C11H16Cl2N2. The lowest BCUT2D eigenvalue weighted by Gasteiger charge is -2.19. The largest absolute Gasteiger partial charge is 0.310 e. The first kappa shape index (κ1) is 12.8. The fourth-order valence-electron chi connectivity index (χ4n) is 1.15. The molecular weight excluding hydrogens is 231 g/mol. The van der Waals surface area contributed by atoms with Crippen LogP contribution in [0.2, 0.25) is 5.02 Å². The average molecular weight is 247 g/mol. The first-order valence-corrected chi connectivity index (χ1v) is 5.94. The van der Waals surface area contributed by atoms with Gasteiger partial charge in [0.15, 0.2) is 0 Å². The maximum absolute atomic E-state index is 5.99. The van der Waals surface area contributed by atoms with Gasteiger partial charge in [-0.1, -0.05) is 18.5 Å². The molecule has 1 heterocycles. The van der Waals surface area contributed by atoms with Crippen molar-refractivity contribution in [1.29, 1.82) is 0 Å². The minimum atomic E-state index is 0.381. The predicted octanol–water partition coefficient (Wildman–Crippen LogP) is 3.09. The maximum Gasteiger partial charge on any atom is 0.0634 e. The van der Waals surface area contributed by atoms with E-state index in [0.29, 0.717) is 22.9 Å². The van der Waals surface area contributed by atoms with Gasteiger partial charge in [0.2, 0.25) is 0 Å². The monoisotopic (exact) mass is 246 g/mol. The molecule has 84 valence electrons. The molecule has 0 bridgehead atoms. The van der Waals surface area contributed by atoms with Crippen LogP contribution in [-0.4, -0.2) is 16.9 Å². The maximum atomic E-state index is 5.99. The van der Waals surface area contributed by atoms with Crippen molar-refractivity contribution in [3.05, 3.63) is 29.0 Å². The van der Waals surface area contributed by atoms with Crippen LogP contribution in [0.3, 0.4) is 0 Å². The summed E-state index contributed by atoms with van der Waals surface area (Å²) < 4.78 is 0. The Morgan fingerprint density at radius 2 is 2.20 bits per heavy atom. The minimum absolute atomic E-state index is 0.381. The smallest absolute Gasteiger partial charge is 0.0634 e. The van der Waals surface area contributed by atoms with E-state index in [-0.39, 0.29) is 0 Å². The van der Waals surface area contributed by atoms with E-state index in [1.54, 1.807) is 12.4 Å². The standard InChI is InChI=1S/C11H16Cl2N2/c1-8(5-12)9(2)15-6-10-3-4-14-7-11(10)13/h3-4,7-9,15H,5-6H2,1-2H3. The topological polar surface area (TPSA) is 24.9 Å². The zero-order valence-electron chi connectivity index (χ0n) is 9.00. The highest BCUT2D eigenvalue weighted by atomic mass is 35.5. The highest BCUT2D eigenvalue weighted by Crippen LogP contribution is 2.14. The number of nitrogens with zero attached hydrogens (tertiary/aromatic N) is 1. The van der Waals surface area contributed by atoms with Crippen LogP contribution in [0.25, 0.3) is 0 Å². The second-order valence-electron chi connectivity index (χ2n) is 3.77. The molecule has 4 heteroatoms. The number of pyridine rings is 1. The molecule has 1 aromatic rings. The van der Waals surface area contributed by atoms with Crippen LogP contribution >= 0.6 is 23.2 Å². The van der Waals surface area contributed by atoms with E-state index in [0.717, 1.165) is 12.1 Å². The highest BCUT2D eigenvalue weighted by Gasteiger charge is 2.10. The van der Waals surface area contributed by atoms with Gasteiger partial charge in [0.25, 0.3) is 0 Å². The zero-order valence-corrected chi connectivity index (χ0v) is 10.5. The Bertz CT molecular complexity index is 304. The lowest BCUT2D eigenvalue weighted by Crippen LogP contribution is -2.32. The van der Waals surface area contributed by atoms with Gasteiger partial charge in [-0.05, 0) is 24.5 Å². The van der Waals surface area contributed by atoms with Crippen molar-refractivity contribution in [3.63, 3.8) is 0 Å². The van der Waals surface area contributed by atoms with Crippen molar-refractivity contribution < 1.29 is 0 Å². The minimum Gasteiger partial charge on any atom is -0.310 e. The normalized spacial score (nSPS) is 14.9. The molecule has 0 fully saturated rings. The lowest BCUT2D eigenvalue weighted by atomic mass is 10.1. The Kier molecular flexibility index (Phi) is 5.37. The summed E-state index contributed by atoms with van der Waals surface area (Å²) in [7, 11) is 0. The average Bonchev–Trinajstić information content (AvgIpc) is 2.26. The summed E-state index contributed by atoms with van der Waals surface area (Å²) in [6.07, 6.45) is 3.41. The third-order valence-electron chi connectivity index (χ3n) is 2.57. The van der Waals surface area contributed by atoms with E-state index < -0.39 is 0 Å². The van der Waals surface area contributed by atoms with Crippen molar-refractivity contribution in [2.45, 2.75) is 26.4 Å². The van der Waals surface area contributed by atoms with Crippen LogP contribution in [-0.2, 0) is 6.54 Å². The van der Waals surface area contributed by atoms with Crippen molar-refractivity contribution in [1.82, 2.24) is 10.3 Å². The summed E-state index contributed by atoms with van der Waals surface area (Å²) in [5, 5.41) is 4.10. The molecule has 0 aliphatic rings. The Morgan fingerprint density at radius 1 is 1.47 bits per heavy atom. The molecule has 0 aliphatic heterocycles. The van der Waals surface area contributed by atoms with E-state index >= 15 is 0 Å².